The molecule has 1 aromatic heterocycles. The van der Waals surface area contributed by atoms with Gasteiger partial charge in [0.25, 0.3) is 11.6 Å². The topological polar surface area (TPSA) is 89.5 Å². The number of carbonyl (C=O) groups is 1. The third kappa shape index (κ3) is 4.49. The zero-order valence-corrected chi connectivity index (χ0v) is 19.1. The minimum absolute atomic E-state index is 0.0684. The number of nitrogens with one attached hydrogen (secondary N) is 1. The highest BCUT2D eigenvalue weighted by Crippen LogP contribution is 2.31. The summed E-state index contributed by atoms with van der Waals surface area (Å²) in [4.78, 5) is 28.2. The van der Waals surface area contributed by atoms with E-state index in [0.29, 0.717) is 16.6 Å². The van der Waals surface area contributed by atoms with E-state index in [0.717, 1.165) is 33.3 Å². The summed E-state index contributed by atoms with van der Waals surface area (Å²) in [6, 6.07) is 22.3. The number of hydrogen-bond donors (Lipinski definition) is 1. The molecule has 0 aliphatic carbocycles. The second-order valence-electron chi connectivity index (χ2n) is 7.97. The van der Waals surface area contributed by atoms with Crippen molar-refractivity contribution in [2.75, 3.05) is 0 Å². The van der Waals surface area contributed by atoms with Crippen LogP contribution in [0.3, 0.4) is 0 Å². The summed E-state index contributed by atoms with van der Waals surface area (Å²) in [5.41, 5.74) is 4.90. The molecule has 0 unspecified atom stereocenters. The van der Waals surface area contributed by atoms with E-state index in [1.165, 1.54) is 23.9 Å². The molecule has 3 aromatic carbocycles. The molecule has 0 atom stereocenters. The molecule has 2 heterocycles. The van der Waals surface area contributed by atoms with Gasteiger partial charge in [-0.1, -0.05) is 48.0 Å². The molecule has 0 spiro atoms. The molecule has 0 saturated carbocycles. The van der Waals surface area contributed by atoms with Crippen molar-refractivity contribution in [1.82, 2.24) is 9.88 Å². The number of aryl methyl sites for hydroxylation is 1. The molecule has 34 heavy (non-hydrogen) atoms. The van der Waals surface area contributed by atoms with Crippen molar-refractivity contribution in [2.45, 2.75) is 13.5 Å². The zero-order chi connectivity index (χ0) is 23.7. The zero-order valence-electron chi connectivity index (χ0n) is 18.3. The number of non-ortho nitro benzene ring substituents is 1. The van der Waals surface area contributed by atoms with Crippen molar-refractivity contribution in [3.05, 3.63) is 111 Å². The standard InChI is InChI=1S/C26H20N4O3S/c1-17-6-10-20(11-7-17)27-26-28-25(31)24(34-26)14-19-16-29(23-5-3-2-4-22(19)23)15-18-8-12-21(13-9-18)30(32)33/h2-14,16H,15H2,1H3,(H,27,28,31)/b24-14+. The van der Waals surface area contributed by atoms with Gasteiger partial charge in [-0.15, -0.1) is 0 Å². The number of amidine groups is 1. The Bertz CT molecular complexity index is 1470. The first-order chi connectivity index (χ1) is 16.5. The lowest BCUT2D eigenvalue weighted by molar-refractivity contribution is -0.384. The molecule has 1 aliphatic rings. The van der Waals surface area contributed by atoms with Crippen LogP contribution in [0.25, 0.3) is 17.0 Å². The van der Waals surface area contributed by atoms with E-state index in [9.17, 15) is 14.9 Å². The molecule has 1 aliphatic heterocycles. The number of nitrogens with zero attached hydrogens (tertiary/aromatic N) is 3. The largest absolute Gasteiger partial charge is 0.342 e. The van der Waals surface area contributed by atoms with Gasteiger partial charge in [0.05, 0.1) is 15.5 Å². The van der Waals surface area contributed by atoms with Crippen LogP contribution in [-0.4, -0.2) is 20.6 Å². The molecule has 0 radical (unpaired) electrons. The second kappa shape index (κ2) is 8.99. The van der Waals surface area contributed by atoms with Gasteiger partial charge in [0.15, 0.2) is 5.17 Å². The van der Waals surface area contributed by atoms with E-state index in [1.807, 2.05) is 67.7 Å². The van der Waals surface area contributed by atoms with Crippen molar-refractivity contribution in [2.24, 2.45) is 4.99 Å². The summed E-state index contributed by atoms with van der Waals surface area (Å²) in [5.74, 6) is -0.178. The van der Waals surface area contributed by atoms with E-state index in [-0.39, 0.29) is 11.6 Å². The van der Waals surface area contributed by atoms with E-state index < -0.39 is 4.92 Å². The number of carbonyl (C=O) groups excluding carboxylic acids is 1. The summed E-state index contributed by atoms with van der Waals surface area (Å²) < 4.78 is 2.09. The predicted molar refractivity (Wildman–Crippen MR) is 136 cm³/mol. The highest BCUT2D eigenvalue weighted by molar-refractivity contribution is 8.18. The summed E-state index contributed by atoms with van der Waals surface area (Å²) in [6.07, 6.45) is 3.88. The molecule has 5 rings (SSSR count). The molecule has 1 fully saturated rings. The van der Waals surface area contributed by atoms with Gasteiger partial charge in [-0.3, -0.25) is 14.9 Å². The molecule has 1 saturated heterocycles. The number of fused-ring (bicyclic) bond motifs is 1. The van der Waals surface area contributed by atoms with Gasteiger partial charge in [0.1, 0.15) is 0 Å². The summed E-state index contributed by atoms with van der Waals surface area (Å²) >= 11 is 1.32. The van der Waals surface area contributed by atoms with E-state index in [4.69, 9.17) is 0 Å². The van der Waals surface area contributed by atoms with Gasteiger partial charge in [0, 0.05) is 41.3 Å². The van der Waals surface area contributed by atoms with Gasteiger partial charge >= 0.3 is 0 Å². The Morgan fingerprint density at radius 1 is 1.06 bits per heavy atom. The van der Waals surface area contributed by atoms with Crippen LogP contribution in [0.1, 0.15) is 16.7 Å². The number of nitro groups is 1. The maximum absolute atomic E-state index is 12.6. The summed E-state index contributed by atoms with van der Waals surface area (Å²) in [5, 5.41) is 15.3. The van der Waals surface area contributed by atoms with Gasteiger partial charge in [-0.2, -0.15) is 0 Å². The van der Waals surface area contributed by atoms with Gasteiger partial charge in [-0.05, 0) is 48.5 Å². The monoisotopic (exact) mass is 468 g/mol. The number of aliphatic imine (C=N–C) groups is 1. The number of benzene rings is 3. The quantitative estimate of drug-likeness (QED) is 0.228. The smallest absolute Gasteiger partial charge is 0.269 e. The third-order valence-electron chi connectivity index (χ3n) is 5.52. The predicted octanol–water partition coefficient (Wildman–Crippen LogP) is 5.80. The number of rotatable bonds is 5. The Kier molecular flexibility index (Phi) is 5.73. The van der Waals surface area contributed by atoms with Crippen LogP contribution in [0, 0.1) is 17.0 Å². The number of nitro benzene ring substituents is 1. The van der Waals surface area contributed by atoms with Crippen LogP contribution in [0.4, 0.5) is 11.4 Å². The van der Waals surface area contributed by atoms with E-state index in [2.05, 4.69) is 14.9 Å². The number of aromatic nitrogens is 1. The van der Waals surface area contributed by atoms with Crippen LogP contribution < -0.4 is 5.32 Å². The first-order valence-electron chi connectivity index (χ1n) is 10.6. The number of amides is 1. The second-order valence-corrected chi connectivity index (χ2v) is 9.00. The lowest BCUT2D eigenvalue weighted by atomic mass is 10.1. The highest BCUT2D eigenvalue weighted by atomic mass is 32.2. The average molecular weight is 469 g/mol. The Morgan fingerprint density at radius 2 is 1.79 bits per heavy atom. The van der Waals surface area contributed by atoms with E-state index in [1.54, 1.807) is 12.1 Å². The van der Waals surface area contributed by atoms with Gasteiger partial charge < -0.3 is 9.88 Å². The molecule has 4 aromatic rings. The molecule has 8 heteroatoms. The van der Waals surface area contributed by atoms with Crippen molar-refractivity contribution in [3.8, 4) is 0 Å². The lowest BCUT2D eigenvalue weighted by Crippen LogP contribution is -2.19. The molecule has 1 N–H and O–H groups in total. The average Bonchev–Trinajstić information content (AvgIpc) is 3.35. The van der Waals surface area contributed by atoms with E-state index >= 15 is 0 Å². The molecular formula is C26H20N4O3S. The minimum Gasteiger partial charge on any atom is -0.342 e. The van der Waals surface area contributed by atoms with Crippen LogP contribution >= 0.6 is 11.8 Å². The summed E-state index contributed by atoms with van der Waals surface area (Å²) in [7, 11) is 0. The van der Waals surface area contributed by atoms with Gasteiger partial charge in [0.2, 0.25) is 0 Å². The fraction of sp³-hybridized carbons (Fsp3) is 0.0769. The minimum atomic E-state index is -0.403. The highest BCUT2D eigenvalue weighted by Gasteiger charge is 2.24. The Hall–Kier alpha value is -4.17. The van der Waals surface area contributed by atoms with Crippen LogP contribution in [-0.2, 0) is 11.3 Å². The van der Waals surface area contributed by atoms with Crippen molar-refractivity contribution >= 4 is 51.2 Å². The molecule has 168 valence electrons. The van der Waals surface area contributed by atoms with Crippen molar-refractivity contribution in [3.63, 3.8) is 0 Å². The Labute approximate surface area is 200 Å². The van der Waals surface area contributed by atoms with Crippen LogP contribution in [0.5, 0.6) is 0 Å². The molecular weight excluding hydrogens is 448 g/mol. The van der Waals surface area contributed by atoms with Gasteiger partial charge in [-0.25, -0.2) is 4.99 Å². The normalized spacial score (nSPS) is 15.9. The Balaban J connectivity index is 1.44. The maximum Gasteiger partial charge on any atom is 0.269 e. The van der Waals surface area contributed by atoms with Crippen molar-refractivity contribution < 1.29 is 9.72 Å². The van der Waals surface area contributed by atoms with Crippen LogP contribution in [0.2, 0.25) is 0 Å². The van der Waals surface area contributed by atoms with Crippen molar-refractivity contribution in [1.29, 1.82) is 0 Å². The molecule has 0 bridgehead atoms. The first-order valence-corrected chi connectivity index (χ1v) is 11.5. The third-order valence-corrected chi connectivity index (χ3v) is 6.43. The summed E-state index contributed by atoms with van der Waals surface area (Å²) in [6.45, 7) is 2.57. The fourth-order valence-electron chi connectivity index (χ4n) is 3.80. The first kappa shape index (κ1) is 21.7. The molecule has 1 amide bonds. The fourth-order valence-corrected chi connectivity index (χ4v) is 4.63. The number of thioether (sulfide) groups is 1. The molecule has 7 nitrogen and oxygen atoms in total. The lowest BCUT2D eigenvalue weighted by Gasteiger charge is -2.05. The maximum atomic E-state index is 12.6. The van der Waals surface area contributed by atoms with Crippen LogP contribution in [0.15, 0.2) is 88.9 Å². The SMILES string of the molecule is Cc1ccc(N=C2NC(=O)/C(=C\c3cn(Cc4ccc([N+](=O)[O-])cc4)c4ccccc34)S2)cc1. The Morgan fingerprint density at radius 3 is 2.53 bits per heavy atom. The number of para-hydroxylation sites is 1. The number of hydrogen-bond acceptors (Lipinski definition) is 5.